The Hall–Kier alpha value is -5.19. The molecule has 0 saturated carbocycles. The third kappa shape index (κ3) is 5.25. The minimum atomic E-state index is -0.524. The van der Waals surface area contributed by atoms with Crippen LogP contribution in [0.2, 0.25) is 0 Å². The standard InChI is InChI=1S/C26H23N5O6/c1-16(27-28-25(32)18-13-21(36-2)15-22(14-18)37-3)23-24(17-7-5-4-6-8-17)29-30(26(23)33)19-9-11-20(12-10-19)31(34)35/h4-15,29H,1-3H3,(H,28,32)/b27-16+. The van der Waals surface area contributed by atoms with Gasteiger partial charge in [0.1, 0.15) is 11.5 Å². The number of non-ortho nitro benzene ring substituents is 1. The first-order chi connectivity index (χ1) is 17.8. The fraction of sp³-hybridized carbons (Fsp3) is 0.115. The topological polar surface area (TPSA) is 141 Å². The molecule has 0 bridgehead atoms. The van der Waals surface area contributed by atoms with Crippen molar-refractivity contribution in [1.82, 2.24) is 15.2 Å². The summed E-state index contributed by atoms with van der Waals surface area (Å²) in [6, 6.07) is 19.4. The summed E-state index contributed by atoms with van der Waals surface area (Å²) in [4.78, 5) is 36.8. The molecule has 4 rings (SSSR count). The first kappa shape index (κ1) is 24.9. The zero-order valence-corrected chi connectivity index (χ0v) is 20.2. The van der Waals surface area contributed by atoms with E-state index >= 15 is 0 Å². The first-order valence-electron chi connectivity index (χ1n) is 11.1. The van der Waals surface area contributed by atoms with Crippen LogP contribution in [-0.4, -0.2) is 40.5 Å². The molecule has 1 amide bonds. The van der Waals surface area contributed by atoms with Crippen LogP contribution in [0.15, 0.2) is 82.7 Å². The summed E-state index contributed by atoms with van der Waals surface area (Å²) in [5, 5.41) is 18.3. The van der Waals surface area contributed by atoms with Gasteiger partial charge in [-0.05, 0) is 31.2 Å². The van der Waals surface area contributed by atoms with E-state index in [4.69, 9.17) is 9.47 Å². The Balaban J connectivity index is 1.73. The number of benzene rings is 3. The second kappa shape index (κ2) is 10.6. The summed E-state index contributed by atoms with van der Waals surface area (Å²) >= 11 is 0. The van der Waals surface area contributed by atoms with E-state index in [0.29, 0.717) is 28.4 Å². The number of ether oxygens (including phenoxy) is 2. The highest BCUT2D eigenvalue weighted by atomic mass is 16.6. The van der Waals surface area contributed by atoms with Crippen molar-refractivity contribution in [2.45, 2.75) is 6.92 Å². The number of hydrogen-bond donors (Lipinski definition) is 2. The molecule has 188 valence electrons. The molecule has 0 radical (unpaired) electrons. The van der Waals surface area contributed by atoms with Crippen LogP contribution in [-0.2, 0) is 0 Å². The van der Waals surface area contributed by atoms with Gasteiger partial charge in [0.15, 0.2) is 0 Å². The number of methoxy groups -OCH3 is 2. The third-order valence-electron chi connectivity index (χ3n) is 5.57. The molecule has 1 heterocycles. The summed E-state index contributed by atoms with van der Waals surface area (Å²) in [5.74, 6) is 0.352. The predicted molar refractivity (Wildman–Crippen MR) is 138 cm³/mol. The predicted octanol–water partition coefficient (Wildman–Crippen LogP) is 3.91. The molecular formula is C26H23N5O6. The minimum absolute atomic E-state index is 0.0958. The lowest BCUT2D eigenvalue weighted by Gasteiger charge is -2.08. The highest BCUT2D eigenvalue weighted by Crippen LogP contribution is 2.24. The number of aromatic nitrogens is 2. The van der Waals surface area contributed by atoms with Crippen molar-refractivity contribution in [2.75, 3.05) is 14.2 Å². The van der Waals surface area contributed by atoms with Crippen molar-refractivity contribution in [3.05, 3.63) is 104 Å². The molecule has 11 nitrogen and oxygen atoms in total. The molecule has 37 heavy (non-hydrogen) atoms. The van der Waals surface area contributed by atoms with E-state index in [1.165, 1.54) is 55.3 Å². The molecule has 2 N–H and O–H groups in total. The molecule has 0 atom stereocenters. The zero-order chi connectivity index (χ0) is 26.5. The van der Waals surface area contributed by atoms with Gasteiger partial charge < -0.3 is 9.47 Å². The number of hydrazone groups is 1. The summed E-state index contributed by atoms with van der Waals surface area (Å²) in [5.41, 5.74) is 4.28. The van der Waals surface area contributed by atoms with Crippen molar-refractivity contribution < 1.29 is 19.2 Å². The van der Waals surface area contributed by atoms with Crippen LogP contribution in [0, 0.1) is 10.1 Å². The molecular weight excluding hydrogens is 478 g/mol. The lowest BCUT2D eigenvalue weighted by molar-refractivity contribution is -0.384. The highest BCUT2D eigenvalue weighted by molar-refractivity contribution is 6.04. The Bertz CT molecular complexity index is 1520. The summed E-state index contributed by atoms with van der Waals surface area (Å²) in [7, 11) is 2.96. The SMILES string of the molecule is COc1cc(OC)cc(C(=O)N/N=C(\C)c2c(-c3ccccc3)[nH]n(-c3ccc([N+](=O)[O-])cc3)c2=O)c1. The highest BCUT2D eigenvalue weighted by Gasteiger charge is 2.20. The van der Waals surface area contributed by atoms with Gasteiger partial charge in [0, 0.05) is 29.3 Å². The van der Waals surface area contributed by atoms with Crippen LogP contribution < -0.4 is 20.5 Å². The zero-order valence-electron chi connectivity index (χ0n) is 20.2. The largest absolute Gasteiger partial charge is 0.497 e. The van der Waals surface area contributed by atoms with E-state index in [2.05, 4.69) is 15.6 Å². The molecule has 0 unspecified atom stereocenters. The summed E-state index contributed by atoms with van der Waals surface area (Å²) < 4.78 is 11.7. The number of carbonyl (C=O) groups excluding carboxylic acids is 1. The number of carbonyl (C=O) groups is 1. The van der Waals surface area contributed by atoms with Crippen LogP contribution >= 0.6 is 0 Å². The maximum atomic E-state index is 13.5. The van der Waals surface area contributed by atoms with Crippen LogP contribution in [0.4, 0.5) is 5.69 Å². The number of nitro benzene ring substituents is 1. The van der Waals surface area contributed by atoms with E-state index in [9.17, 15) is 19.7 Å². The van der Waals surface area contributed by atoms with E-state index in [0.717, 1.165) is 0 Å². The summed E-state index contributed by atoms with van der Waals surface area (Å²) in [6.07, 6.45) is 0. The van der Waals surface area contributed by atoms with Gasteiger partial charge in [-0.25, -0.2) is 10.1 Å². The maximum Gasteiger partial charge on any atom is 0.281 e. The van der Waals surface area contributed by atoms with Crippen LogP contribution in [0.25, 0.3) is 16.9 Å². The Morgan fingerprint density at radius 1 is 1.00 bits per heavy atom. The van der Waals surface area contributed by atoms with Gasteiger partial charge in [-0.2, -0.15) is 5.10 Å². The van der Waals surface area contributed by atoms with E-state index in [-0.39, 0.29) is 22.5 Å². The van der Waals surface area contributed by atoms with Crippen molar-refractivity contribution >= 4 is 17.3 Å². The van der Waals surface area contributed by atoms with E-state index in [1.54, 1.807) is 13.0 Å². The lowest BCUT2D eigenvalue weighted by Crippen LogP contribution is -2.23. The Morgan fingerprint density at radius 3 is 2.19 bits per heavy atom. The smallest absolute Gasteiger partial charge is 0.281 e. The minimum Gasteiger partial charge on any atom is -0.497 e. The average molecular weight is 501 g/mol. The maximum absolute atomic E-state index is 13.5. The number of H-pyrrole nitrogens is 1. The third-order valence-corrected chi connectivity index (χ3v) is 5.57. The molecule has 11 heteroatoms. The van der Waals surface area contributed by atoms with Crippen LogP contribution in [0.5, 0.6) is 11.5 Å². The number of nitrogens with zero attached hydrogens (tertiary/aromatic N) is 3. The van der Waals surface area contributed by atoms with Crippen LogP contribution in [0.1, 0.15) is 22.8 Å². The first-order valence-corrected chi connectivity index (χ1v) is 11.1. The molecule has 0 fully saturated rings. The normalized spacial score (nSPS) is 11.2. The van der Waals surface area contributed by atoms with Crippen molar-refractivity contribution in [1.29, 1.82) is 0 Å². The number of hydrogen-bond acceptors (Lipinski definition) is 7. The van der Waals surface area contributed by atoms with Gasteiger partial charge in [-0.15, -0.1) is 0 Å². The van der Waals surface area contributed by atoms with Crippen molar-refractivity contribution in [2.24, 2.45) is 5.10 Å². The Labute approximate surface area is 211 Å². The second-order valence-electron chi connectivity index (χ2n) is 7.88. The monoisotopic (exact) mass is 501 g/mol. The van der Waals surface area contributed by atoms with Gasteiger partial charge in [0.2, 0.25) is 0 Å². The fourth-order valence-electron chi connectivity index (χ4n) is 3.69. The molecule has 0 spiro atoms. The van der Waals surface area contributed by atoms with Gasteiger partial charge >= 0.3 is 0 Å². The van der Waals surface area contributed by atoms with Gasteiger partial charge in [0.25, 0.3) is 17.2 Å². The van der Waals surface area contributed by atoms with Gasteiger partial charge in [0.05, 0.1) is 41.8 Å². The molecule has 0 aliphatic rings. The number of nitro groups is 1. The van der Waals surface area contributed by atoms with E-state index < -0.39 is 16.4 Å². The van der Waals surface area contributed by atoms with Gasteiger partial charge in [-0.3, -0.25) is 24.8 Å². The molecule has 0 aliphatic carbocycles. The van der Waals surface area contributed by atoms with Crippen molar-refractivity contribution in [3.8, 4) is 28.4 Å². The Kier molecular flexibility index (Phi) is 7.14. The van der Waals surface area contributed by atoms with Gasteiger partial charge in [-0.1, -0.05) is 30.3 Å². The van der Waals surface area contributed by atoms with Crippen molar-refractivity contribution in [3.63, 3.8) is 0 Å². The number of amides is 1. The number of rotatable bonds is 8. The molecule has 3 aromatic carbocycles. The molecule has 0 aliphatic heterocycles. The second-order valence-corrected chi connectivity index (χ2v) is 7.88. The number of nitrogens with one attached hydrogen (secondary N) is 2. The molecule has 1 aromatic heterocycles. The fourth-order valence-corrected chi connectivity index (χ4v) is 3.69. The Morgan fingerprint density at radius 2 is 1.62 bits per heavy atom. The van der Waals surface area contributed by atoms with Crippen LogP contribution in [0.3, 0.4) is 0 Å². The lowest BCUT2D eigenvalue weighted by atomic mass is 10.1. The molecule has 4 aromatic rings. The average Bonchev–Trinajstić information content (AvgIpc) is 3.28. The van der Waals surface area contributed by atoms with E-state index in [1.807, 2.05) is 30.3 Å². The molecule has 0 saturated heterocycles. The quantitative estimate of drug-likeness (QED) is 0.213. The number of aromatic amines is 1. The summed E-state index contributed by atoms with van der Waals surface area (Å²) in [6.45, 7) is 1.60.